The topological polar surface area (TPSA) is 58.6 Å². The third-order valence-electron chi connectivity index (χ3n) is 6.09. The first-order valence-corrected chi connectivity index (χ1v) is 9.08. The fourth-order valence-electron chi connectivity index (χ4n) is 4.00. The Hall–Kier alpha value is -2.04. The van der Waals surface area contributed by atoms with Gasteiger partial charge in [0.05, 0.1) is 7.11 Å². The highest BCUT2D eigenvalue weighted by Crippen LogP contribution is 2.42. The van der Waals surface area contributed by atoms with Gasteiger partial charge in [0.25, 0.3) is 0 Å². The molecule has 136 valence electrons. The van der Waals surface area contributed by atoms with Gasteiger partial charge < -0.3 is 15.0 Å². The minimum atomic E-state index is -0.417. The molecular formula is C20H28N2O3. The summed E-state index contributed by atoms with van der Waals surface area (Å²) in [5, 5.41) is 2.76. The van der Waals surface area contributed by atoms with Gasteiger partial charge in [0, 0.05) is 25.0 Å². The number of rotatable bonds is 4. The summed E-state index contributed by atoms with van der Waals surface area (Å²) in [7, 11) is 3.28. The molecule has 2 aliphatic rings. The number of hydrogen-bond acceptors (Lipinski definition) is 3. The van der Waals surface area contributed by atoms with Gasteiger partial charge in [-0.05, 0) is 62.1 Å². The SMILES string of the molecule is COC(=O)NC1CC(C(=O)N(C)C2CC(c3cccc(C)c3C)C2)C1. The largest absolute Gasteiger partial charge is 0.453 e. The van der Waals surface area contributed by atoms with Crippen LogP contribution in [0.2, 0.25) is 0 Å². The van der Waals surface area contributed by atoms with Crippen LogP contribution >= 0.6 is 0 Å². The van der Waals surface area contributed by atoms with Gasteiger partial charge in [-0.2, -0.15) is 0 Å². The van der Waals surface area contributed by atoms with Crippen molar-refractivity contribution in [2.45, 2.75) is 57.5 Å². The Bertz CT molecular complexity index is 661. The number of benzene rings is 1. The molecule has 0 atom stereocenters. The molecule has 2 fully saturated rings. The van der Waals surface area contributed by atoms with E-state index in [4.69, 9.17) is 0 Å². The van der Waals surface area contributed by atoms with E-state index < -0.39 is 6.09 Å². The zero-order valence-corrected chi connectivity index (χ0v) is 15.5. The third kappa shape index (κ3) is 3.51. The molecule has 5 nitrogen and oxygen atoms in total. The van der Waals surface area contributed by atoms with E-state index in [2.05, 4.69) is 42.1 Å². The summed E-state index contributed by atoms with van der Waals surface area (Å²) in [5.41, 5.74) is 4.16. The van der Waals surface area contributed by atoms with Gasteiger partial charge in [-0.25, -0.2) is 4.79 Å². The van der Waals surface area contributed by atoms with E-state index in [1.165, 1.54) is 23.8 Å². The van der Waals surface area contributed by atoms with Crippen molar-refractivity contribution in [2.75, 3.05) is 14.2 Å². The lowest BCUT2D eigenvalue weighted by Gasteiger charge is -2.45. The van der Waals surface area contributed by atoms with Crippen molar-refractivity contribution in [3.8, 4) is 0 Å². The molecule has 3 rings (SSSR count). The van der Waals surface area contributed by atoms with Crippen LogP contribution in [0.1, 0.15) is 48.3 Å². The van der Waals surface area contributed by atoms with E-state index in [1.807, 2.05) is 11.9 Å². The molecule has 0 bridgehead atoms. The summed E-state index contributed by atoms with van der Waals surface area (Å²) >= 11 is 0. The highest BCUT2D eigenvalue weighted by molar-refractivity contribution is 5.80. The molecule has 2 saturated carbocycles. The molecule has 5 heteroatoms. The molecule has 0 unspecified atom stereocenters. The summed E-state index contributed by atoms with van der Waals surface area (Å²) in [5.74, 6) is 0.814. The average molecular weight is 344 g/mol. The van der Waals surface area contributed by atoms with E-state index in [-0.39, 0.29) is 17.9 Å². The lowest BCUT2D eigenvalue weighted by Crippen LogP contribution is -2.53. The predicted octanol–water partition coefficient (Wildman–Crippen LogP) is 3.14. The second kappa shape index (κ2) is 7.06. The van der Waals surface area contributed by atoms with E-state index in [9.17, 15) is 9.59 Å². The quantitative estimate of drug-likeness (QED) is 0.913. The molecule has 1 aromatic rings. The number of alkyl carbamates (subject to hydrolysis) is 1. The molecule has 0 aliphatic heterocycles. The van der Waals surface area contributed by atoms with Crippen molar-refractivity contribution >= 4 is 12.0 Å². The molecule has 0 spiro atoms. The van der Waals surface area contributed by atoms with Gasteiger partial charge in [-0.15, -0.1) is 0 Å². The summed E-state index contributed by atoms with van der Waals surface area (Å²) in [6.07, 6.45) is 3.10. The van der Waals surface area contributed by atoms with Gasteiger partial charge in [0.15, 0.2) is 0 Å². The van der Waals surface area contributed by atoms with Crippen LogP contribution in [0.3, 0.4) is 0 Å². The van der Waals surface area contributed by atoms with E-state index in [0.717, 1.165) is 12.8 Å². The van der Waals surface area contributed by atoms with Gasteiger partial charge in [0.2, 0.25) is 5.91 Å². The molecular weight excluding hydrogens is 316 g/mol. The number of aryl methyl sites for hydroxylation is 1. The first kappa shape index (κ1) is 17.8. The molecule has 25 heavy (non-hydrogen) atoms. The van der Waals surface area contributed by atoms with Crippen LogP contribution in [0.4, 0.5) is 4.79 Å². The van der Waals surface area contributed by atoms with Crippen molar-refractivity contribution in [2.24, 2.45) is 5.92 Å². The monoisotopic (exact) mass is 344 g/mol. The highest BCUT2D eigenvalue weighted by atomic mass is 16.5. The van der Waals surface area contributed by atoms with Crippen LogP contribution in [-0.4, -0.2) is 43.1 Å². The molecule has 0 saturated heterocycles. The number of carbonyl (C=O) groups excluding carboxylic acids is 2. The molecule has 0 aromatic heterocycles. The minimum absolute atomic E-state index is 0.0342. The van der Waals surface area contributed by atoms with Crippen molar-refractivity contribution in [3.05, 3.63) is 34.9 Å². The smallest absolute Gasteiger partial charge is 0.407 e. The molecule has 2 aliphatic carbocycles. The van der Waals surface area contributed by atoms with Gasteiger partial charge in [-0.1, -0.05) is 18.2 Å². The third-order valence-corrected chi connectivity index (χ3v) is 6.09. The van der Waals surface area contributed by atoms with E-state index >= 15 is 0 Å². The lowest BCUT2D eigenvalue weighted by molar-refractivity contribution is -0.141. The van der Waals surface area contributed by atoms with Gasteiger partial charge in [-0.3, -0.25) is 4.79 Å². The Morgan fingerprint density at radius 2 is 1.84 bits per heavy atom. The van der Waals surface area contributed by atoms with Crippen LogP contribution in [0, 0.1) is 19.8 Å². The van der Waals surface area contributed by atoms with Crippen molar-refractivity contribution in [3.63, 3.8) is 0 Å². The highest BCUT2D eigenvalue weighted by Gasteiger charge is 2.41. The average Bonchev–Trinajstić information content (AvgIpc) is 2.52. The summed E-state index contributed by atoms with van der Waals surface area (Å²) in [6.45, 7) is 4.34. The second-order valence-corrected chi connectivity index (χ2v) is 7.56. The number of nitrogens with one attached hydrogen (secondary N) is 1. The molecule has 1 N–H and O–H groups in total. The molecule has 0 heterocycles. The Balaban J connectivity index is 1.48. The van der Waals surface area contributed by atoms with Gasteiger partial charge >= 0.3 is 6.09 Å². The fourth-order valence-corrected chi connectivity index (χ4v) is 4.00. The van der Waals surface area contributed by atoms with Crippen molar-refractivity contribution in [1.82, 2.24) is 10.2 Å². The summed E-state index contributed by atoms with van der Waals surface area (Å²) in [6, 6.07) is 6.91. The number of methoxy groups -OCH3 is 1. The standard InChI is InChI=1S/C20H28N2O3/c1-12-6-5-7-18(13(12)2)14-10-17(11-14)22(3)19(23)15-8-16(9-15)21-20(24)25-4/h5-7,14-17H,8-11H2,1-4H3,(H,21,24). The Morgan fingerprint density at radius 1 is 1.16 bits per heavy atom. The van der Waals surface area contributed by atoms with Crippen LogP contribution in [-0.2, 0) is 9.53 Å². The zero-order chi connectivity index (χ0) is 18.1. The zero-order valence-electron chi connectivity index (χ0n) is 15.5. The van der Waals surface area contributed by atoms with Crippen LogP contribution in [0.25, 0.3) is 0 Å². The maximum atomic E-state index is 12.6. The minimum Gasteiger partial charge on any atom is -0.453 e. The number of amides is 2. The van der Waals surface area contributed by atoms with Crippen LogP contribution < -0.4 is 5.32 Å². The Morgan fingerprint density at radius 3 is 2.48 bits per heavy atom. The molecule has 1 aromatic carbocycles. The Kier molecular flexibility index (Phi) is 5.02. The maximum Gasteiger partial charge on any atom is 0.407 e. The fraction of sp³-hybridized carbons (Fsp3) is 0.600. The first-order chi connectivity index (χ1) is 11.9. The molecule has 0 radical (unpaired) electrons. The summed E-state index contributed by atoms with van der Waals surface area (Å²) in [4.78, 5) is 25.7. The molecule has 2 amide bonds. The second-order valence-electron chi connectivity index (χ2n) is 7.56. The maximum absolute atomic E-state index is 12.6. The van der Waals surface area contributed by atoms with Crippen molar-refractivity contribution in [1.29, 1.82) is 0 Å². The van der Waals surface area contributed by atoms with Crippen LogP contribution in [0.5, 0.6) is 0 Å². The number of hydrogen-bond donors (Lipinski definition) is 1. The predicted molar refractivity (Wildman–Crippen MR) is 96.5 cm³/mol. The van der Waals surface area contributed by atoms with Gasteiger partial charge in [0.1, 0.15) is 0 Å². The van der Waals surface area contributed by atoms with Crippen LogP contribution in [0.15, 0.2) is 18.2 Å². The summed E-state index contributed by atoms with van der Waals surface area (Å²) < 4.78 is 4.59. The first-order valence-electron chi connectivity index (χ1n) is 9.08. The van der Waals surface area contributed by atoms with Crippen molar-refractivity contribution < 1.29 is 14.3 Å². The lowest BCUT2D eigenvalue weighted by atomic mass is 9.72. The number of carbonyl (C=O) groups is 2. The Labute approximate surface area is 149 Å². The van der Waals surface area contributed by atoms with E-state index in [1.54, 1.807) is 0 Å². The normalized spacial score (nSPS) is 27.7. The van der Waals surface area contributed by atoms with E-state index in [0.29, 0.717) is 24.8 Å². The number of ether oxygens (including phenoxy) is 1. The number of nitrogens with zero attached hydrogens (tertiary/aromatic N) is 1.